The number of benzene rings is 1. The standard InChI is InChI=1S/C19H29N3O2/c1-3-17(24-18-7-5-4-6-15(18)2)19(23)22-11-8-16(14-22)21-12-9-20-10-13-21/h4-7,16-17,20H,3,8-14H2,1-2H3. The molecule has 0 spiro atoms. The van der Waals surface area contributed by atoms with Crippen LogP contribution >= 0.6 is 0 Å². The second kappa shape index (κ2) is 7.99. The molecule has 1 N–H and O–H groups in total. The van der Waals surface area contributed by atoms with Crippen molar-refractivity contribution in [2.45, 2.75) is 38.8 Å². The Labute approximate surface area is 145 Å². The molecule has 0 radical (unpaired) electrons. The first-order chi connectivity index (χ1) is 11.7. The fourth-order valence-electron chi connectivity index (χ4n) is 3.64. The molecule has 2 unspecified atom stereocenters. The SMILES string of the molecule is CCC(Oc1ccccc1C)C(=O)N1CCC(N2CCNCC2)C1. The molecule has 132 valence electrons. The number of carbonyl (C=O) groups is 1. The number of nitrogens with zero attached hydrogens (tertiary/aromatic N) is 2. The molecular formula is C19H29N3O2. The summed E-state index contributed by atoms with van der Waals surface area (Å²) in [5.74, 6) is 0.953. The number of carbonyl (C=O) groups excluding carboxylic acids is 1. The number of piperazine rings is 1. The fourth-order valence-corrected chi connectivity index (χ4v) is 3.64. The monoisotopic (exact) mass is 331 g/mol. The van der Waals surface area contributed by atoms with Gasteiger partial charge in [0.15, 0.2) is 6.10 Å². The summed E-state index contributed by atoms with van der Waals surface area (Å²) in [6, 6.07) is 8.41. The van der Waals surface area contributed by atoms with Crippen molar-refractivity contribution in [1.82, 2.24) is 15.1 Å². The Morgan fingerprint density at radius 1 is 1.29 bits per heavy atom. The van der Waals surface area contributed by atoms with Crippen LogP contribution in [-0.4, -0.2) is 67.1 Å². The lowest BCUT2D eigenvalue weighted by atomic mass is 10.2. The van der Waals surface area contributed by atoms with Crippen LogP contribution in [-0.2, 0) is 4.79 Å². The topological polar surface area (TPSA) is 44.8 Å². The summed E-state index contributed by atoms with van der Waals surface area (Å²) in [7, 11) is 0. The Bertz CT molecular complexity index is 557. The van der Waals surface area contributed by atoms with Gasteiger partial charge in [-0.25, -0.2) is 0 Å². The molecule has 2 saturated heterocycles. The number of hydrogen-bond acceptors (Lipinski definition) is 4. The van der Waals surface area contributed by atoms with Crippen molar-refractivity contribution in [3.63, 3.8) is 0 Å². The Balaban J connectivity index is 1.59. The highest BCUT2D eigenvalue weighted by Crippen LogP contribution is 2.22. The van der Waals surface area contributed by atoms with Gasteiger partial charge in [0.05, 0.1) is 0 Å². The second-order valence-corrected chi connectivity index (χ2v) is 6.79. The van der Waals surface area contributed by atoms with Gasteiger partial charge in [0.25, 0.3) is 5.91 Å². The van der Waals surface area contributed by atoms with E-state index in [1.54, 1.807) is 0 Å². The van der Waals surface area contributed by atoms with Crippen LogP contribution < -0.4 is 10.1 Å². The van der Waals surface area contributed by atoms with Gasteiger partial charge in [-0.2, -0.15) is 0 Å². The van der Waals surface area contributed by atoms with E-state index in [4.69, 9.17) is 4.74 Å². The van der Waals surface area contributed by atoms with E-state index in [9.17, 15) is 4.79 Å². The Kier molecular flexibility index (Phi) is 5.74. The number of nitrogens with one attached hydrogen (secondary N) is 1. The molecule has 2 heterocycles. The van der Waals surface area contributed by atoms with E-state index in [1.165, 1.54) is 0 Å². The zero-order valence-electron chi connectivity index (χ0n) is 14.8. The maximum atomic E-state index is 12.9. The molecule has 0 aliphatic carbocycles. The highest BCUT2D eigenvalue weighted by molar-refractivity contribution is 5.81. The van der Waals surface area contributed by atoms with Gasteiger partial charge < -0.3 is 15.0 Å². The van der Waals surface area contributed by atoms with Gasteiger partial charge in [0, 0.05) is 45.3 Å². The molecule has 0 saturated carbocycles. The third-order valence-electron chi connectivity index (χ3n) is 5.15. The van der Waals surface area contributed by atoms with E-state index in [1.807, 2.05) is 43.0 Å². The van der Waals surface area contributed by atoms with Crippen molar-refractivity contribution < 1.29 is 9.53 Å². The zero-order valence-corrected chi connectivity index (χ0v) is 14.8. The predicted octanol–water partition coefficient (Wildman–Crippen LogP) is 1.66. The van der Waals surface area contributed by atoms with Crippen LogP contribution in [0.25, 0.3) is 0 Å². The molecule has 3 rings (SSSR count). The number of amides is 1. The highest BCUT2D eigenvalue weighted by atomic mass is 16.5. The maximum Gasteiger partial charge on any atom is 0.263 e. The molecule has 2 aliphatic heterocycles. The van der Waals surface area contributed by atoms with E-state index in [-0.39, 0.29) is 12.0 Å². The summed E-state index contributed by atoms with van der Waals surface area (Å²) in [6.07, 6.45) is 1.39. The van der Waals surface area contributed by atoms with Gasteiger partial charge in [0.1, 0.15) is 5.75 Å². The molecule has 1 aromatic rings. The zero-order chi connectivity index (χ0) is 16.9. The molecule has 0 bridgehead atoms. The van der Waals surface area contributed by atoms with Gasteiger partial charge in [-0.15, -0.1) is 0 Å². The van der Waals surface area contributed by atoms with Crippen LogP contribution in [0.1, 0.15) is 25.3 Å². The van der Waals surface area contributed by atoms with Gasteiger partial charge in [-0.1, -0.05) is 25.1 Å². The first-order valence-corrected chi connectivity index (χ1v) is 9.15. The Morgan fingerprint density at radius 3 is 2.75 bits per heavy atom. The van der Waals surface area contributed by atoms with Crippen molar-refractivity contribution >= 4 is 5.91 Å². The third kappa shape index (κ3) is 3.90. The number of likely N-dealkylation sites (tertiary alicyclic amines) is 1. The van der Waals surface area contributed by atoms with Crippen LogP contribution in [0.15, 0.2) is 24.3 Å². The molecule has 1 aromatic carbocycles. The van der Waals surface area contributed by atoms with Gasteiger partial charge >= 0.3 is 0 Å². The summed E-state index contributed by atoms with van der Waals surface area (Å²) >= 11 is 0. The van der Waals surface area contributed by atoms with Gasteiger partial charge in [-0.3, -0.25) is 9.69 Å². The lowest BCUT2D eigenvalue weighted by Gasteiger charge is -2.32. The summed E-state index contributed by atoms with van der Waals surface area (Å²) in [5, 5.41) is 3.39. The third-order valence-corrected chi connectivity index (χ3v) is 5.15. The van der Waals surface area contributed by atoms with Crippen molar-refractivity contribution in [2.24, 2.45) is 0 Å². The van der Waals surface area contributed by atoms with Crippen LogP contribution in [0.3, 0.4) is 0 Å². The van der Waals surface area contributed by atoms with Crippen LogP contribution in [0, 0.1) is 6.92 Å². The molecule has 24 heavy (non-hydrogen) atoms. The van der Waals surface area contributed by atoms with E-state index < -0.39 is 0 Å². The lowest BCUT2D eigenvalue weighted by molar-refractivity contribution is -0.138. The number of ether oxygens (including phenoxy) is 1. The van der Waals surface area contributed by atoms with Gasteiger partial charge in [-0.05, 0) is 31.4 Å². The molecule has 1 amide bonds. The van der Waals surface area contributed by atoms with E-state index in [0.717, 1.165) is 57.0 Å². The molecule has 2 atom stereocenters. The van der Waals surface area contributed by atoms with Crippen LogP contribution in [0.4, 0.5) is 0 Å². The minimum absolute atomic E-state index is 0.137. The van der Waals surface area contributed by atoms with Crippen molar-refractivity contribution in [2.75, 3.05) is 39.3 Å². The number of hydrogen-bond donors (Lipinski definition) is 1. The normalized spacial score (nSPS) is 23.2. The molecule has 0 aromatic heterocycles. The lowest BCUT2D eigenvalue weighted by Crippen LogP contribution is -2.50. The fraction of sp³-hybridized carbons (Fsp3) is 0.632. The molecule has 5 heteroatoms. The predicted molar refractivity (Wildman–Crippen MR) is 95.3 cm³/mol. The average Bonchev–Trinajstić information content (AvgIpc) is 3.11. The summed E-state index contributed by atoms with van der Waals surface area (Å²) in [4.78, 5) is 17.4. The van der Waals surface area contributed by atoms with Crippen molar-refractivity contribution in [3.8, 4) is 5.75 Å². The van der Waals surface area contributed by atoms with Crippen LogP contribution in [0.5, 0.6) is 5.75 Å². The molecule has 2 aliphatic rings. The minimum atomic E-state index is -0.382. The smallest absolute Gasteiger partial charge is 0.263 e. The number of rotatable bonds is 5. The van der Waals surface area contributed by atoms with Gasteiger partial charge in [0.2, 0.25) is 0 Å². The quantitative estimate of drug-likeness (QED) is 0.891. The van der Waals surface area contributed by atoms with E-state index in [2.05, 4.69) is 10.2 Å². The minimum Gasteiger partial charge on any atom is -0.480 e. The molecular weight excluding hydrogens is 302 g/mol. The second-order valence-electron chi connectivity index (χ2n) is 6.79. The Morgan fingerprint density at radius 2 is 2.04 bits per heavy atom. The maximum absolute atomic E-state index is 12.9. The van der Waals surface area contributed by atoms with E-state index >= 15 is 0 Å². The van der Waals surface area contributed by atoms with Crippen molar-refractivity contribution in [1.29, 1.82) is 0 Å². The van der Waals surface area contributed by atoms with E-state index in [0.29, 0.717) is 12.5 Å². The molecule has 2 fully saturated rings. The summed E-state index contributed by atoms with van der Waals surface area (Å²) < 4.78 is 6.03. The first kappa shape index (κ1) is 17.2. The van der Waals surface area contributed by atoms with Crippen molar-refractivity contribution in [3.05, 3.63) is 29.8 Å². The highest BCUT2D eigenvalue weighted by Gasteiger charge is 2.34. The summed E-state index contributed by atoms with van der Waals surface area (Å²) in [6.45, 7) is 10.0. The average molecular weight is 331 g/mol. The number of aryl methyl sites for hydroxylation is 1. The number of para-hydroxylation sites is 1. The van der Waals surface area contributed by atoms with Crippen LogP contribution in [0.2, 0.25) is 0 Å². The summed E-state index contributed by atoms with van der Waals surface area (Å²) in [5.41, 5.74) is 1.07. The molecule has 5 nitrogen and oxygen atoms in total. The largest absolute Gasteiger partial charge is 0.480 e. The first-order valence-electron chi connectivity index (χ1n) is 9.15. The Hall–Kier alpha value is -1.59.